The quantitative estimate of drug-likeness (QED) is 0.842. The van der Waals surface area contributed by atoms with Gasteiger partial charge in [-0.25, -0.2) is 4.98 Å². The molecule has 0 saturated heterocycles. The summed E-state index contributed by atoms with van der Waals surface area (Å²) < 4.78 is 2.06. The molecule has 2 atom stereocenters. The lowest BCUT2D eigenvalue weighted by Gasteiger charge is -2.28. The SMILES string of the molecule is CCCn1ncnc1CC1(CN)CC2CC2C1. The van der Waals surface area contributed by atoms with Crippen molar-refractivity contribution in [3.8, 4) is 0 Å². The molecule has 2 saturated carbocycles. The second kappa shape index (κ2) is 4.09. The maximum absolute atomic E-state index is 6.03. The molecule has 1 heterocycles. The van der Waals surface area contributed by atoms with Crippen molar-refractivity contribution in [2.75, 3.05) is 6.54 Å². The number of aromatic nitrogens is 3. The zero-order valence-corrected chi connectivity index (χ0v) is 10.6. The Balaban J connectivity index is 1.74. The summed E-state index contributed by atoms with van der Waals surface area (Å²) in [6.45, 7) is 3.96. The van der Waals surface area contributed by atoms with Crippen LogP contribution in [0.1, 0.15) is 38.4 Å². The highest BCUT2D eigenvalue weighted by atomic mass is 15.3. The van der Waals surface area contributed by atoms with Gasteiger partial charge in [-0.1, -0.05) is 6.92 Å². The minimum Gasteiger partial charge on any atom is -0.330 e. The highest BCUT2D eigenvalue weighted by molar-refractivity contribution is 5.07. The molecule has 94 valence electrons. The molecule has 0 radical (unpaired) electrons. The van der Waals surface area contributed by atoms with E-state index in [0.717, 1.165) is 43.6 Å². The van der Waals surface area contributed by atoms with Gasteiger partial charge in [-0.15, -0.1) is 0 Å². The number of hydrogen-bond donors (Lipinski definition) is 1. The lowest BCUT2D eigenvalue weighted by molar-refractivity contribution is 0.262. The Morgan fingerprint density at radius 2 is 2.24 bits per heavy atom. The first-order valence-electron chi connectivity index (χ1n) is 6.83. The number of nitrogens with two attached hydrogens (primary N) is 1. The van der Waals surface area contributed by atoms with E-state index in [1.54, 1.807) is 6.33 Å². The van der Waals surface area contributed by atoms with Crippen molar-refractivity contribution >= 4 is 0 Å². The van der Waals surface area contributed by atoms with Crippen LogP contribution in [0.4, 0.5) is 0 Å². The van der Waals surface area contributed by atoms with Gasteiger partial charge < -0.3 is 5.73 Å². The zero-order valence-electron chi connectivity index (χ0n) is 10.6. The summed E-state index contributed by atoms with van der Waals surface area (Å²) in [5.41, 5.74) is 6.36. The molecule has 1 aromatic heterocycles. The number of hydrogen-bond acceptors (Lipinski definition) is 3. The monoisotopic (exact) mass is 234 g/mol. The summed E-state index contributed by atoms with van der Waals surface area (Å²) in [6, 6.07) is 0. The van der Waals surface area contributed by atoms with E-state index in [1.165, 1.54) is 19.3 Å². The van der Waals surface area contributed by atoms with Crippen LogP contribution in [0.25, 0.3) is 0 Å². The summed E-state index contributed by atoms with van der Waals surface area (Å²) in [7, 11) is 0. The molecule has 4 nitrogen and oxygen atoms in total. The van der Waals surface area contributed by atoms with E-state index < -0.39 is 0 Å². The van der Waals surface area contributed by atoms with Crippen molar-refractivity contribution in [1.82, 2.24) is 14.8 Å². The smallest absolute Gasteiger partial charge is 0.138 e. The van der Waals surface area contributed by atoms with Gasteiger partial charge in [-0.05, 0) is 49.5 Å². The fraction of sp³-hybridized carbons (Fsp3) is 0.846. The third-order valence-electron chi connectivity index (χ3n) is 4.56. The maximum Gasteiger partial charge on any atom is 0.138 e. The second-order valence-electron chi connectivity index (χ2n) is 5.94. The lowest BCUT2D eigenvalue weighted by atomic mass is 9.79. The molecule has 0 spiro atoms. The van der Waals surface area contributed by atoms with Crippen LogP contribution in [0.2, 0.25) is 0 Å². The second-order valence-corrected chi connectivity index (χ2v) is 5.94. The molecular weight excluding hydrogens is 212 g/mol. The predicted molar refractivity (Wildman–Crippen MR) is 66.3 cm³/mol. The Labute approximate surface area is 103 Å². The summed E-state index contributed by atoms with van der Waals surface area (Å²) >= 11 is 0. The van der Waals surface area contributed by atoms with Gasteiger partial charge in [-0.2, -0.15) is 5.10 Å². The molecule has 2 fully saturated rings. The van der Waals surface area contributed by atoms with Gasteiger partial charge in [0.2, 0.25) is 0 Å². The fourth-order valence-corrected chi connectivity index (χ4v) is 3.55. The van der Waals surface area contributed by atoms with Crippen LogP contribution in [0.3, 0.4) is 0 Å². The van der Waals surface area contributed by atoms with Crippen LogP contribution < -0.4 is 5.73 Å². The Kier molecular flexibility index (Phi) is 2.69. The summed E-state index contributed by atoms with van der Waals surface area (Å²) in [5.74, 6) is 3.08. The lowest BCUT2D eigenvalue weighted by Crippen LogP contribution is -2.32. The minimum atomic E-state index is 0.326. The van der Waals surface area contributed by atoms with Crippen molar-refractivity contribution < 1.29 is 0 Å². The van der Waals surface area contributed by atoms with Crippen LogP contribution in [0.15, 0.2) is 6.33 Å². The van der Waals surface area contributed by atoms with Crippen LogP contribution in [-0.2, 0) is 13.0 Å². The molecule has 2 aliphatic rings. The molecule has 2 aliphatic carbocycles. The van der Waals surface area contributed by atoms with Gasteiger partial charge >= 0.3 is 0 Å². The summed E-state index contributed by atoms with van der Waals surface area (Å²) in [5, 5.41) is 4.31. The van der Waals surface area contributed by atoms with Gasteiger partial charge in [0.25, 0.3) is 0 Å². The van der Waals surface area contributed by atoms with Gasteiger partial charge in [0.15, 0.2) is 0 Å². The van der Waals surface area contributed by atoms with Gasteiger partial charge in [0, 0.05) is 13.0 Å². The number of fused-ring (bicyclic) bond motifs is 1. The largest absolute Gasteiger partial charge is 0.330 e. The highest BCUT2D eigenvalue weighted by Gasteiger charge is 2.53. The third-order valence-corrected chi connectivity index (χ3v) is 4.56. The van der Waals surface area contributed by atoms with Crippen LogP contribution in [-0.4, -0.2) is 21.3 Å². The average Bonchev–Trinajstić information content (AvgIpc) is 2.75. The van der Waals surface area contributed by atoms with E-state index in [2.05, 4.69) is 21.7 Å². The molecule has 0 aromatic carbocycles. The molecular formula is C13H22N4. The number of rotatable bonds is 5. The van der Waals surface area contributed by atoms with E-state index in [4.69, 9.17) is 5.73 Å². The van der Waals surface area contributed by atoms with Crippen LogP contribution in [0.5, 0.6) is 0 Å². The molecule has 0 amide bonds. The molecule has 3 rings (SSSR count). The molecule has 17 heavy (non-hydrogen) atoms. The molecule has 2 N–H and O–H groups in total. The zero-order chi connectivity index (χ0) is 11.9. The van der Waals surface area contributed by atoms with E-state index >= 15 is 0 Å². The highest BCUT2D eigenvalue weighted by Crippen LogP contribution is 2.60. The maximum atomic E-state index is 6.03. The molecule has 1 aromatic rings. The first-order valence-corrected chi connectivity index (χ1v) is 6.83. The van der Waals surface area contributed by atoms with Crippen molar-refractivity contribution in [1.29, 1.82) is 0 Å². The fourth-order valence-electron chi connectivity index (χ4n) is 3.55. The van der Waals surface area contributed by atoms with Crippen molar-refractivity contribution in [2.24, 2.45) is 23.0 Å². The normalized spacial score (nSPS) is 34.9. The van der Waals surface area contributed by atoms with Crippen molar-refractivity contribution in [2.45, 2.75) is 45.6 Å². The number of aryl methyl sites for hydroxylation is 1. The van der Waals surface area contributed by atoms with Crippen LogP contribution in [0, 0.1) is 17.3 Å². The average molecular weight is 234 g/mol. The Hall–Kier alpha value is -0.900. The standard InChI is InChI=1S/C13H22N4/c1-2-3-17-12(15-9-16-17)7-13(8-14)5-10-4-11(10)6-13/h9-11H,2-8,14H2,1H3. The van der Waals surface area contributed by atoms with E-state index in [1.807, 2.05) is 0 Å². The van der Waals surface area contributed by atoms with Crippen molar-refractivity contribution in [3.05, 3.63) is 12.2 Å². The third kappa shape index (κ3) is 1.99. The summed E-state index contributed by atoms with van der Waals surface area (Å²) in [6.07, 6.45) is 7.89. The minimum absolute atomic E-state index is 0.326. The van der Waals surface area contributed by atoms with Gasteiger partial charge in [0.05, 0.1) is 0 Å². The predicted octanol–water partition coefficient (Wildman–Crippen LogP) is 1.61. The first kappa shape index (κ1) is 11.2. The first-order chi connectivity index (χ1) is 8.26. The topological polar surface area (TPSA) is 56.7 Å². The van der Waals surface area contributed by atoms with Gasteiger partial charge in [-0.3, -0.25) is 4.68 Å². The van der Waals surface area contributed by atoms with E-state index in [0.29, 0.717) is 5.41 Å². The molecule has 2 unspecified atom stereocenters. The molecule has 0 bridgehead atoms. The van der Waals surface area contributed by atoms with Crippen molar-refractivity contribution in [3.63, 3.8) is 0 Å². The Bertz CT molecular complexity index is 388. The van der Waals surface area contributed by atoms with Crippen LogP contribution >= 0.6 is 0 Å². The Morgan fingerprint density at radius 1 is 1.47 bits per heavy atom. The number of nitrogens with zero attached hydrogens (tertiary/aromatic N) is 3. The van der Waals surface area contributed by atoms with E-state index in [9.17, 15) is 0 Å². The Morgan fingerprint density at radius 3 is 2.88 bits per heavy atom. The van der Waals surface area contributed by atoms with Gasteiger partial charge in [0.1, 0.15) is 12.2 Å². The van der Waals surface area contributed by atoms with E-state index in [-0.39, 0.29) is 0 Å². The molecule has 4 heteroatoms. The molecule has 0 aliphatic heterocycles. The summed E-state index contributed by atoms with van der Waals surface area (Å²) in [4.78, 5) is 4.43.